The van der Waals surface area contributed by atoms with Crippen LogP contribution in [0, 0.1) is 5.92 Å². The van der Waals surface area contributed by atoms with Crippen molar-refractivity contribution in [2.75, 3.05) is 14.2 Å². The lowest BCUT2D eigenvalue weighted by molar-refractivity contribution is 0.387. The summed E-state index contributed by atoms with van der Waals surface area (Å²) in [7, 11) is 3.35. The van der Waals surface area contributed by atoms with Crippen molar-refractivity contribution >= 4 is 6.21 Å². The Hall–Kier alpha value is -2.29. The van der Waals surface area contributed by atoms with Crippen LogP contribution in [-0.2, 0) is 0 Å². The first-order chi connectivity index (χ1) is 10.7. The molecule has 0 amide bonds. The van der Waals surface area contributed by atoms with Gasteiger partial charge in [0.2, 0.25) is 0 Å². The van der Waals surface area contributed by atoms with Gasteiger partial charge in [0.25, 0.3) is 0 Å². The zero-order valence-electron chi connectivity index (χ0n) is 13.6. The van der Waals surface area contributed by atoms with Crippen molar-refractivity contribution in [2.45, 2.75) is 19.9 Å². The van der Waals surface area contributed by atoms with Gasteiger partial charge in [0.05, 0.1) is 20.3 Å². The summed E-state index contributed by atoms with van der Waals surface area (Å²) in [6, 6.07) is 16.0. The maximum atomic E-state index is 5.50. The zero-order chi connectivity index (χ0) is 15.9. The molecule has 116 valence electrons. The Kier molecular flexibility index (Phi) is 5.59. The molecule has 0 heterocycles. The maximum absolute atomic E-state index is 5.50. The Bertz CT molecular complexity index is 621. The van der Waals surface area contributed by atoms with Crippen molar-refractivity contribution in [1.29, 1.82) is 0 Å². The fourth-order valence-corrected chi connectivity index (χ4v) is 2.39. The van der Waals surface area contributed by atoms with E-state index < -0.39 is 0 Å². The minimum absolute atomic E-state index is 0.0188. The first-order valence-electron chi connectivity index (χ1n) is 7.46. The van der Waals surface area contributed by atoms with Gasteiger partial charge in [-0.3, -0.25) is 4.99 Å². The highest BCUT2D eigenvalue weighted by atomic mass is 16.5. The fraction of sp³-hybridized carbons (Fsp3) is 0.316. The molecule has 0 aromatic heterocycles. The van der Waals surface area contributed by atoms with Crippen LogP contribution in [0.5, 0.6) is 11.5 Å². The topological polar surface area (TPSA) is 30.8 Å². The fourth-order valence-electron chi connectivity index (χ4n) is 2.39. The third-order valence-electron chi connectivity index (χ3n) is 3.57. The van der Waals surface area contributed by atoms with Crippen LogP contribution in [-0.4, -0.2) is 20.4 Å². The molecule has 0 unspecified atom stereocenters. The number of hydrogen-bond donors (Lipinski definition) is 0. The number of ether oxygens (including phenoxy) is 2. The lowest BCUT2D eigenvalue weighted by Gasteiger charge is -2.20. The average molecular weight is 297 g/mol. The molecule has 0 aliphatic carbocycles. The molecule has 2 aromatic carbocycles. The van der Waals surface area contributed by atoms with Gasteiger partial charge < -0.3 is 9.47 Å². The van der Waals surface area contributed by atoms with Crippen LogP contribution in [0.25, 0.3) is 0 Å². The molecular formula is C19H23NO2. The molecule has 0 saturated heterocycles. The van der Waals surface area contributed by atoms with Crippen LogP contribution in [0.1, 0.15) is 31.0 Å². The molecule has 0 aliphatic heterocycles. The SMILES string of the molecule is COc1ccc(OC)c([C@H](N=Cc2ccccc2)C(C)C)c1. The minimum atomic E-state index is 0.0188. The largest absolute Gasteiger partial charge is 0.497 e. The predicted octanol–water partition coefficient (Wildman–Crippen LogP) is 4.52. The summed E-state index contributed by atoms with van der Waals surface area (Å²) >= 11 is 0. The highest BCUT2D eigenvalue weighted by Gasteiger charge is 2.19. The standard InChI is InChI=1S/C19H23NO2/c1-14(2)19(20-13-15-8-6-5-7-9-15)17-12-16(21-3)10-11-18(17)22-4/h5-14,19H,1-4H3/t19-/m1/s1. The number of hydrogen-bond acceptors (Lipinski definition) is 3. The summed E-state index contributed by atoms with van der Waals surface area (Å²) in [5.74, 6) is 2.00. The van der Waals surface area contributed by atoms with E-state index in [0.29, 0.717) is 5.92 Å². The van der Waals surface area contributed by atoms with Crippen LogP contribution < -0.4 is 9.47 Å². The smallest absolute Gasteiger partial charge is 0.124 e. The summed E-state index contributed by atoms with van der Waals surface area (Å²) in [6.07, 6.45) is 1.92. The molecule has 3 nitrogen and oxygen atoms in total. The first kappa shape index (κ1) is 16.1. The van der Waals surface area contributed by atoms with E-state index in [0.717, 1.165) is 22.6 Å². The van der Waals surface area contributed by atoms with E-state index in [4.69, 9.17) is 14.5 Å². The molecule has 3 heteroatoms. The quantitative estimate of drug-likeness (QED) is 0.734. The van der Waals surface area contributed by atoms with Crippen molar-refractivity contribution in [3.05, 3.63) is 59.7 Å². The summed E-state index contributed by atoms with van der Waals surface area (Å²) in [4.78, 5) is 4.79. The highest BCUT2D eigenvalue weighted by molar-refractivity contribution is 5.79. The van der Waals surface area contributed by atoms with Gasteiger partial charge in [-0.2, -0.15) is 0 Å². The number of aliphatic imine (C=N–C) groups is 1. The Morgan fingerprint density at radius 3 is 2.27 bits per heavy atom. The number of rotatable bonds is 6. The molecule has 0 spiro atoms. The third kappa shape index (κ3) is 3.88. The summed E-state index contributed by atoms with van der Waals surface area (Å²) in [5, 5.41) is 0. The molecule has 0 saturated carbocycles. The lowest BCUT2D eigenvalue weighted by atomic mass is 9.95. The second-order valence-electron chi connectivity index (χ2n) is 5.49. The van der Waals surface area contributed by atoms with E-state index in [1.165, 1.54) is 0 Å². The van der Waals surface area contributed by atoms with Gasteiger partial charge in [0, 0.05) is 11.8 Å². The molecule has 2 aromatic rings. The average Bonchev–Trinajstić information content (AvgIpc) is 2.55. The highest BCUT2D eigenvalue weighted by Crippen LogP contribution is 2.35. The molecule has 0 aliphatic rings. The van der Waals surface area contributed by atoms with Crippen molar-refractivity contribution in [1.82, 2.24) is 0 Å². The van der Waals surface area contributed by atoms with Crippen molar-refractivity contribution in [3.63, 3.8) is 0 Å². The van der Waals surface area contributed by atoms with E-state index in [9.17, 15) is 0 Å². The van der Waals surface area contributed by atoms with Gasteiger partial charge >= 0.3 is 0 Å². The van der Waals surface area contributed by atoms with E-state index >= 15 is 0 Å². The van der Waals surface area contributed by atoms with Gasteiger partial charge in [-0.05, 0) is 29.7 Å². The molecule has 0 N–H and O–H groups in total. The van der Waals surface area contributed by atoms with Gasteiger partial charge in [-0.25, -0.2) is 0 Å². The number of benzene rings is 2. The predicted molar refractivity (Wildman–Crippen MR) is 91.2 cm³/mol. The normalized spacial score (nSPS) is 12.6. The Balaban J connectivity index is 2.37. The lowest BCUT2D eigenvalue weighted by Crippen LogP contribution is -2.07. The number of nitrogens with zero attached hydrogens (tertiary/aromatic N) is 1. The van der Waals surface area contributed by atoms with Gasteiger partial charge in [-0.1, -0.05) is 44.2 Å². The Morgan fingerprint density at radius 1 is 0.955 bits per heavy atom. The minimum Gasteiger partial charge on any atom is -0.497 e. The third-order valence-corrected chi connectivity index (χ3v) is 3.57. The van der Waals surface area contributed by atoms with Gasteiger partial charge in [0.1, 0.15) is 11.5 Å². The molecule has 0 radical (unpaired) electrons. The first-order valence-corrected chi connectivity index (χ1v) is 7.46. The van der Waals surface area contributed by atoms with E-state index in [-0.39, 0.29) is 6.04 Å². The van der Waals surface area contributed by atoms with Crippen LogP contribution in [0.3, 0.4) is 0 Å². The van der Waals surface area contributed by atoms with Gasteiger partial charge in [-0.15, -0.1) is 0 Å². The number of methoxy groups -OCH3 is 2. The Morgan fingerprint density at radius 2 is 1.68 bits per heavy atom. The van der Waals surface area contributed by atoms with Crippen molar-refractivity contribution < 1.29 is 9.47 Å². The molecule has 0 bridgehead atoms. The summed E-state index contributed by atoms with van der Waals surface area (Å²) in [6.45, 7) is 4.32. The summed E-state index contributed by atoms with van der Waals surface area (Å²) < 4.78 is 10.8. The van der Waals surface area contributed by atoms with Crippen molar-refractivity contribution in [2.24, 2.45) is 10.9 Å². The molecular weight excluding hydrogens is 274 g/mol. The second kappa shape index (κ2) is 7.64. The maximum Gasteiger partial charge on any atom is 0.124 e. The Labute approximate surface area is 132 Å². The van der Waals surface area contributed by atoms with Crippen LogP contribution in [0.2, 0.25) is 0 Å². The van der Waals surface area contributed by atoms with E-state index in [1.807, 2.05) is 54.7 Å². The second-order valence-corrected chi connectivity index (χ2v) is 5.49. The van der Waals surface area contributed by atoms with Crippen LogP contribution >= 0.6 is 0 Å². The summed E-state index contributed by atoms with van der Waals surface area (Å²) in [5.41, 5.74) is 2.14. The molecule has 0 fully saturated rings. The van der Waals surface area contributed by atoms with Crippen LogP contribution in [0.4, 0.5) is 0 Å². The molecule has 1 atom stereocenters. The molecule has 2 rings (SSSR count). The van der Waals surface area contributed by atoms with Crippen molar-refractivity contribution in [3.8, 4) is 11.5 Å². The van der Waals surface area contributed by atoms with Crippen LogP contribution in [0.15, 0.2) is 53.5 Å². The van der Waals surface area contributed by atoms with E-state index in [1.54, 1.807) is 14.2 Å². The van der Waals surface area contributed by atoms with Gasteiger partial charge in [0.15, 0.2) is 0 Å². The monoisotopic (exact) mass is 297 g/mol. The van der Waals surface area contributed by atoms with E-state index in [2.05, 4.69) is 13.8 Å². The molecule has 22 heavy (non-hydrogen) atoms. The zero-order valence-corrected chi connectivity index (χ0v) is 13.6.